The molecule has 0 unspecified atom stereocenters. The van der Waals surface area contributed by atoms with Crippen LogP contribution in [0.4, 0.5) is 0 Å². The standard InChI is InChI=1S/C11H16ClN3OS/c1-6-9(12)17-11(14-6)8-4-2-7(3-5-8)10(16)15-13/h7-8H,2-5,13H2,1H3,(H,15,16)/t7-,8-. The molecule has 1 aliphatic rings. The number of aromatic nitrogens is 1. The first kappa shape index (κ1) is 12.8. The van der Waals surface area contributed by atoms with Crippen LogP contribution in [0.25, 0.3) is 0 Å². The van der Waals surface area contributed by atoms with E-state index in [0.717, 1.165) is 40.7 Å². The second-order valence-electron chi connectivity index (χ2n) is 4.47. The number of nitrogens with zero attached hydrogens (tertiary/aromatic N) is 1. The summed E-state index contributed by atoms with van der Waals surface area (Å²) in [5.41, 5.74) is 3.14. The molecule has 1 amide bonds. The molecular formula is C11H16ClN3OS. The van der Waals surface area contributed by atoms with E-state index in [9.17, 15) is 4.79 Å². The van der Waals surface area contributed by atoms with Crippen molar-refractivity contribution in [1.29, 1.82) is 0 Å². The lowest BCUT2D eigenvalue weighted by atomic mass is 9.82. The number of thiazole rings is 1. The number of carbonyl (C=O) groups excluding carboxylic acids is 1. The highest BCUT2D eigenvalue weighted by atomic mass is 35.5. The van der Waals surface area contributed by atoms with Gasteiger partial charge in [0, 0.05) is 11.8 Å². The monoisotopic (exact) mass is 273 g/mol. The highest BCUT2D eigenvalue weighted by molar-refractivity contribution is 7.16. The third-order valence-corrected chi connectivity index (χ3v) is 4.96. The number of carbonyl (C=O) groups is 1. The highest BCUT2D eigenvalue weighted by Crippen LogP contribution is 2.39. The molecule has 0 aromatic carbocycles. The number of nitrogens with one attached hydrogen (secondary N) is 1. The molecule has 2 rings (SSSR count). The fourth-order valence-electron chi connectivity index (χ4n) is 2.29. The minimum absolute atomic E-state index is 0.0446. The summed E-state index contributed by atoms with van der Waals surface area (Å²) in [6.45, 7) is 1.93. The molecule has 3 N–H and O–H groups in total. The van der Waals surface area contributed by atoms with Crippen LogP contribution in [0.2, 0.25) is 4.34 Å². The van der Waals surface area contributed by atoms with Gasteiger partial charge in [0.25, 0.3) is 0 Å². The van der Waals surface area contributed by atoms with Crippen LogP contribution in [0.3, 0.4) is 0 Å². The zero-order valence-corrected chi connectivity index (χ0v) is 11.3. The van der Waals surface area contributed by atoms with Crippen LogP contribution in [0, 0.1) is 12.8 Å². The fraction of sp³-hybridized carbons (Fsp3) is 0.636. The lowest BCUT2D eigenvalue weighted by molar-refractivity contribution is -0.126. The maximum Gasteiger partial charge on any atom is 0.236 e. The quantitative estimate of drug-likeness (QED) is 0.494. The minimum Gasteiger partial charge on any atom is -0.294 e. The zero-order chi connectivity index (χ0) is 12.4. The van der Waals surface area contributed by atoms with Crippen molar-refractivity contribution in [2.24, 2.45) is 11.8 Å². The highest BCUT2D eigenvalue weighted by Gasteiger charge is 2.28. The van der Waals surface area contributed by atoms with E-state index in [1.807, 2.05) is 6.92 Å². The van der Waals surface area contributed by atoms with Crippen molar-refractivity contribution in [3.05, 3.63) is 15.0 Å². The van der Waals surface area contributed by atoms with E-state index in [1.54, 1.807) is 11.3 Å². The molecule has 4 nitrogen and oxygen atoms in total. The number of rotatable bonds is 2. The first-order chi connectivity index (χ1) is 8.11. The molecule has 1 heterocycles. The molecule has 94 valence electrons. The van der Waals surface area contributed by atoms with Crippen LogP contribution in [0.15, 0.2) is 0 Å². The molecule has 0 saturated heterocycles. The van der Waals surface area contributed by atoms with Crippen molar-refractivity contribution in [2.45, 2.75) is 38.5 Å². The predicted molar refractivity (Wildman–Crippen MR) is 68.9 cm³/mol. The first-order valence-corrected chi connectivity index (χ1v) is 6.94. The van der Waals surface area contributed by atoms with E-state index in [1.165, 1.54) is 0 Å². The van der Waals surface area contributed by atoms with E-state index in [0.29, 0.717) is 5.92 Å². The molecule has 1 aromatic rings. The summed E-state index contributed by atoms with van der Waals surface area (Å²) in [4.78, 5) is 15.9. The Hall–Kier alpha value is -0.650. The van der Waals surface area contributed by atoms with Crippen LogP contribution >= 0.6 is 22.9 Å². The number of amides is 1. The average Bonchev–Trinajstić information content (AvgIpc) is 2.69. The van der Waals surface area contributed by atoms with Crippen molar-refractivity contribution in [3.8, 4) is 0 Å². The third-order valence-electron chi connectivity index (χ3n) is 3.35. The Kier molecular flexibility index (Phi) is 4.01. The molecule has 0 radical (unpaired) electrons. The summed E-state index contributed by atoms with van der Waals surface area (Å²) < 4.78 is 0.779. The Bertz CT molecular complexity index is 393. The number of halogens is 1. The lowest BCUT2D eigenvalue weighted by Gasteiger charge is -2.25. The number of hydrogen-bond acceptors (Lipinski definition) is 4. The summed E-state index contributed by atoms with van der Waals surface area (Å²) in [5, 5.41) is 1.11. The Morgan fingerprint density at radius 1 is 1.47 bits per heavy atom. The van der Waals surface area contributed by atoms with Gasteiger partial charge in [-0.1, -0.05) is 11.6 Å². The molecule has 0 atom stereocenters. The van der Waals surface area contributed by atoms with Crippen molar-refractivity contribution >= 4 is 28.8 Å². The predicted octanol–water partition coefficient (Wildman–Crippen LogP) is 2.37. The number of aryl methyl sites for hydroxylation is 1. The second kappa shape index (κ2) is 5.33. The van der Waals surface area contributed by atoms with E-state index >= 15 is 0 Å². The topological polar surface area (TPSA) is 68.0 Å². The maximum atomic E-state index is 11.4. The lowest BCUT2D eigenvalue weighted by Crippen LogP contribution is -2.37. The summed E-state index contributed by atoms with van der Waals surface area (Å²) in [5.74, 6) is 5.61. The van der Waals surface area contributed by atoms with Gasteiger partial charge in [0.15, 0.2) is 0 Å². The summed E-state index contributed by atoms with van der Waals surface area (Å²) in [6, 6.07) is 0. The Morgan fingerprint density at radius 2 is 2.12 bits per heavy atom. The minimum atomic E-state index is -0.0446. The maximum absolute atomic E-state index is 11.4. The molecule has 0 spiro atoms. The zero-order valence-electron chi connectivity index (χ0n) is 9.70. The van der Waals surface area contributed by atoms with Gasteiger partial charge in [0.2, 0.25) is 5.91 Å². The van der Waals surface area contributed by atoms with Crippen LogP contribution in [-0.2, 0) is 4.79 Å². The normalized spacial score (nSPS) is 24.6. The Labute approximate surface area is 110 Å². The van der Waals surface area contributed by atoms with Gasteiger partial charge in [0.05, 0.1) is 10.7 Å². The van der Waals surface area contributed by atoms with Crippen LogP contribution in [0.5, 0.6) is 0 Å². The van der Waals surface area contributed by atoms with Crippen molar-refractivity contribution in [1.82, 2.24) is 10.4 Å². The van der Waals surface area contributed by atoms with Gasteiger partial charge < -0.3 is 0 Å². The van der Waals surface area contributed by atoms with Crippen LogP contribution in [-0.4, -0.2) is 10.9 Å². The SMILES string of the molecule is Cc1nc([C@H]2CC[C@H](C(=O)NN)CC2)sc1Cl. The molecule has 1 fully saturated rings. The van der Waals surface area contributed by atoms with Crippen LogP contribution in [0.1, 0.15) is 42.3 Å². The van der Waals surface area contributed by atoms with Gasteiger partial charge in [-0.05, 0) is 32.6 Å². The van der Waals surface area contributed by atoms with Gasteiger partial charge in [-0.15, -0.1) is 11.3 Å². The van der Waals surface area contributed by atoms with Crippen molar-refractivity contribution < 1.29 is 4.79 Å². The fourth-order valence-corrected chi connectivity index (χ4v) is 3.53. The molecule has 1 saturated carbocycles. The third kappa shape index (κ3) is 2.78. The molecule has 6 heteroatoms. The van der Waals surface area contributed by atoms with E-state index in [4.69, 9.17) is 17.4 Å². The van der Waals surface area contributed by atoms with Gasteiger partial charge >= 0.3 is 0 Å². The van der Waals surface area contributed by atoms with Gasteiger partial charge in [0.1, 0.15) is 4.34 Å². The van der Waals surface area contributed by atoms with Gasteiger partial charge in [-0.2, -0.15) is 0 Å². The van der Waals surface area contributed by atoms with E-state index < -0.39 is 0 Å². The smallest absolute Gasteiger partial charge is 0.236 e. The van der Waals surface area contributed by atoms with E-state index in [2.05, 4.69) is 10.4 Å². The molecule has 1 aromatic heterocycles. The van der Waals surface area contributed by atoms with Crippen molar-refractivity contribution in [3.63, 3.8) is 0 Å². The van der Waals surface area contributed by atoms with Gasteiger partial charge in [-0.25, -0.2) is 10.8 Å². The second-order valence-corrected chi connectivity index (χ2v) is 6.10. The molecule has 17 heavy (non-hydrogen) atoms. The number of nitrogens with two attached hydrogens (primary N) is 1. The summed E-state index contributed by atoms with van der Waals surface area (Å²) in [7, 11) is 0. The van der Waals surface area contributed by atoms with Crippen molar-refractivity contribution in [2.75, 3.05) is 0 Å². The summed E-state index contributed by atoms with van der Waals surface area (Å²) in [6.07, 6.45) is 3.73. The van der Waals surface area contributed by atoms with Crippen LogP contribution < -0.4 is 11.3 Å². The Balaban J connectivity index is 1.97. The molecule has 1 aliphatic carbocycles. The largest absolute Gasteiger partial charge is 0.294 e. The average molecular weight is 274 g/mol. The van der Waals surface area contributed by atoms with E-state index in [-0.39, 0.29) is 11.8 Å². The summed E-state index contributed by atoms with van der Waals surface area (Å²) >= 11 is 7.59. The number of hydrogen-bond donors (Lipinski definition) is 2. The number of hydrazine groups is 1. The Morgan fingerprint density at radius 3 is 2.59 bits per heavy atom. The van der Waals surface area contributed by atoms with Gasteiger partial charge in [-0.3, -0.25) is 10.2 Å². The molecular weight excluding hydrogens is 258 g/mol. The molecule has 0 aliphatic heterocycles. The molecule has 0 bridgehead atoms. The first-order valence-electron chi connectivity index (χ1n) is 5.75.